The smallest absolute Gasteiger partial charge is 0.256 e. The normalized spacial score (nSPS) is 14.2. The van der Waals surface area contributed by atoms with Crippen molar-refractivity contribution in [1.29, 1.82) is 0 Å². The molecule has 2 amide bonds. The molecule has 3 rings (SSSR count). The number of thioether (sulfide) groups is 1. The molecule has 1 saturated heterocycles. The second-order valence-electron chi connectivity index (χ2n) is 7.53. The Bertz CT molecular complexity index is 929. The molecule has 1 aromatic carbocycles. The summed E-state index contributed by atoms with van der Waals surface area (Å²) in [5.41, 5.74) is 1.21. The number of hydrogen-bond acceptors (Lipinski definition) is 6. The fourth-order valence-corrected chi connectivity index (χ4v) is 4.30. The first-order valence-corrected chi connectivity index (χ1v) is 12.3. The largest absolute Gasteiger partial charge is 0.490 e. The van der Waals surface area contributed by atoms with Crippen LogP contribution in [0.25, 0.3) is 0 Å². The molecule has 2 heterocycles. The fourth-order valence-electron chi connectivity index (χ4n) is 3.76. The maximum absolute atomic E-state index is 12.9. The summed E-state index contributed by atoms with van der Waals surface area (Å²) in [6.07, 6.45) is 5.34. The van der Waals surface area contributed by atoms with E-state index in [1.165, 1.54) is 11.8 Å². The molecule has 0 spiro atoms. The number of nitrogens with one attached hydrogen (secondary N) is 1. The number of likely N-dealkylation sites (tertiary alicyclic amines) is 1. The summed E-state index contributed by atoms with van der Waals surface area (Å²) in [7, 11) is 0. The highest BCUT2D eigenvalue weighted by Gasteiger charge is 2.25. The number of aromatic nitrogens is 1. The number of rotatable bonds is 9. The lowest BCUT2D eigenvalue weighted by atomic mass is 9.96. The second-order valence-corrected chi connectivity index (χ2v) is 8.33. The van der Waals surface area contributed by atoms with Gasteiger partial charge in [0.05, 0.1) is 18.8 Å². The average molecular weight is 458 g/mol. The number of carbonyl (C=O) groups excluding carboxylic acids is 2. The molecule has 1 aromatic heterocycles. The summed E-state index contributed by atoms with van der Waals surface area (Å²) < 4.78 is 11.2. The molecule has 0 unspecified atom stereocenters. The van der Waals surface area contributed by atoms with Crippen molar-refractivity contribution in [2.75, 3.05) is 39.1 Å². The third-order valence-corrected chi connectivity index (χ3v) is 6.17. The summed E-state index contributed by atoms with van der Waals surface area (Å²) in [5, 5.41) is 3.79. The van der Waals surface area contributed by atoms with Gasteiger partial charge < -0.3 is 19.7 Å². The Morgan fingerprint density at radius 1 is 1.12 bits per heavy atom. The fraction of sp³-hybridized carbons (Fsp3) is 0.458. The lowest BCUT2D eigenvalue weighted by molar-refractivity contribution is 0.0680. The van der Waals surface area contributed by atoms with Gasteiger partial charge in [0.1, 0.15) is 5.03 Å². The number of nitrogens with zero attached hydrogens (tertiary/aromatic N) is 2. The van der Waals surface area contributed by atoms with Gasteiger partial charge in [0.15, 0.2) is 11.5 Å². The van der Waals surface area contributed by atoms with Crippen LogP contribution in [-0.2, 0) is 0 Å². The van der Waals surface area contributed by atoms with Crippen molar-refractivity contribution in [2.45, 2.75) is 31.7 Å². The summed E-state index contributed by atoms with van der Waals surface area (Å²) >= 11 is 1.48. The van der Waals surface area contributed by atoms with Crippen LogP contribution in [0.15, 0.2) is 41.6 Å². The standard InChI is InChI=1S/C24H31N3O4S/c1-4-30-20-9-8-18(15-21(20)31-5-2)22(28)26-16-17-10-13-27(14-11-17)24(29)19-7-6-12-25-23(19)32-3/h6-9,12,15,17H,4-5,10-11,13-14,16H2,1-3H3,(H,26,28). The Morgan fingerprint density at radius 2 is 1.84 bits per heavy atom. The zero-order chi connectivity index (χ0) is 22.9. The van der Waals surface area contributed by atoms with Gasteiger partial charge in [0.2, 0.25) is 0 Å². The van der Waals surface area contributed by atoms with Crippen LogP contribution >= 0.6 is 11.8 Å². The molecule has 0 atom stereocenters. The summed E-state index contributed by atoms with van der Waals surface area (Å²) in [6, 6.07) is 8.88. The van der Waals surface area contributed by atoms with E-state index in [4.69, 9.17) is 9.47 Å². The Balaban J connectivity index is 1.52. The van der Waals surface area contributed by atoms with E-state index in [1.54, 1.807) is 30.5 Å². The molecule has 172 valence electrons. The molecule has 0 saturated carbocycles. The number of hydrogen-bond donors (Lipinski definition) is 1. The van der Waals surface area contributed by atoms with Crippen LogP contribution in [0.1, 0.15) is 47.4 Å². The molecule has 0 aliphatic carbocycles. The summed E-state index contributed by atoms with van der Waals surface area (Å²) in [4.78, 5) is 31.7. The second kappa shape index (κ2) is 11.8. The van der Waals surface area contributed by atoms with Crippen LogP contribution in [0, 0.1) is 5.92 Å². The minimum atomic E-state index is -0.132. The molecule has 32 heavy (non-hydrogen) atoms. The van der Waals surface area contributed by atoms with Gasteiger partial charge in [-0.1, -0.05) is 0 Å². The van der Waals surface area contributed by atoms with Crippen LogP contribution in [-0.4, -0.2) is 60.8 Å². The lowest BCUT2D eigenvalue weighted by Crippen LogP contribution is -2.41. The van der Waals surface area contributed by atoms with E-state index in [-0.39, 0.29) is 11.8 Å². The first-order chi connectivity index (χ1) is 15.6. The average Bonchev–Trinajstić information content (AvgIpc) is 2.83. The predicted octanol–water partition coefficient (Wildman–Crippen LogP) is 3.88. The van der Waals surface area contributed by atoms with E-state index in [0.717, 1.165) is 17.9 Å². The van der Waals surface area contributed by atoms with Crippen LogP contribution < -0.4 is 14.8 Å². The number of benzene rings is 1. The van der Waals surface area contributed by atoms with E-state index in [1.807, 2.05) is 31.1 Å². The number of pyridine rings is 1. The highest BCUT2D eigenvalue weighted by atomic mass is 32.2. The van der Waals surface area contributed by atoms with Crippen LogP contribution in [0.4, 0.5) is 0 Å². The zero-order valence-corrected chi connectivity index (χ0v) is 19.7. The molecule has 0 bridgehead atoms. The van der Waals surface area contributed by atoms with Gasteiger partial charge in [0.25, 0.3) is 11.8 Å². The molecule has 2 aromatic rings. The first kappa shape index (κ1) is 23.9. The maximum Gasteiger partial charge on any atom is 0.256 e. The molecule has 1 aliphatic rings. The molecule has 1 aliphatic heterocycles. The minimum Gasteiger partial charge on any atom is -0.490 e. The SMILES string of the molecule is CCOc1ccc(C(=O)NCC2CCN(C(=O)c3cccnc3SC)CC2)cc1OCC. The van der Waals surface area contributed by atoms with Gasteiger partial charge in [-0.3, -0.25) is 9.59 Å². The van der Waals surface area contributed by atoms with Gasteiger partial charge in [-0.2, -0.15) is 0 Å². The van der Waals surface area contributed by atoms with Crippen molar-refractivity contribution in [3.63, 3.8) is 0 Å². The first-order valence-electron chi connectivity index (χ1n) is 11.0. The molecule has 8 heteroatoms. The number of piperidine rings is 1. The highest BCUT2D eigenvalue weighted by Crippen LogP contribution is 2.29. The van der Waals surface area contributed by atoms with Crippen LogP contribution in [0.2, 0.25) is 0 Å². The van der Waals surface area contributed by atoms with Crippen molar-refractivity contribution >= 4 is 23.6 Å². The monoisotopic (exact) mass is 457 g/mol. The lowest BCUT2D eigenvalue weighted by Gasteiger charge is -2.32. The van der Waals surface area contributed by atoms with E-state index in [9.17, 15) is 9.59 Å². The topological polar surface area (TPSA) is 80.8 Å². The predicted molar refractivity (Wildman–Crippen MR) is 126 cm³/mol. The van der Waals surface area contributed by atoms with Gasteiger partial charge in [-0.25, -0.2) is 4.98 Å². The molecule has 1 N–H and O–H groups in total. The molecule has 1 fully saturated rings. The van der Waals surface area contributed by atoms with Gasteiger partial charge >= 0.3 is 0 Å². The van der Waals surface area contributed by atoms with Gasteiger partial charge in [-0.15, -0.1) is 11.8 Å². The Labute approximate surface area is 193 Å². The quantitative estimate of drug-likeness (QED) is 0.576. The van der Waals surface area contributed by atoms with Crippen molar-refractivity contribution in [1.82, 2.24) is 15.2 Å². The van der Waals surface area contributed by atoms with Crippen LogP contribution in [0.5, 0.6) is 11.5 Å². The Hall–Kier alpha value is -2.74. The van der Waals surface area contributed by atoms with Crippen molar-refractivity contribution < 1.29 is 19.1 Å². The highest BCUT2D eigenvalue weighted by molar-refractivity contribution is 7.98. The van der Waals surface area contributed by atoms with Gasteiger partial charge in [-0.05, 0) is 69.2 Å². The molecule has 0 radical (unpaired) electrons. The Kier molecular flexibility index (Phi) is 8.79. The zero-order valence-electron chi connectivity index (χ0n) is 18.9. The number of ether oxygens (including phenoxy) is 2. The van der Waals surface area contributed by atoms with E-state index in [2.05, 4.69) is 10.3 Å². The van der Waals surface area contributed by atoms with E-state index >= 15 is 0 Å². The molecule has 7 nitrogen and oxygen atoms in total. The van der Waals surface area contributed by atoms with Crippen LogP contribution in [0.3, 0.4) is 0 Å². The summed E-state index contributed by atoms with van der Waals surface area (Å²) in [5.74, 6) is 1.45. The molecular formula is C24H31N3O4S. The van der Waals surface area contributed by atoms with Crippen molar-refractivity contribution in [3.05, 3.63) is 47.7 Å². The third-order valence-electron chi connectivity index (χ3n) is 5.45. The van der Waals surface area contributed by atoms with E-state index in [0.29, 0.717) is 61.4 Å². The van der Waals surface area contributed by atoms with Crippen molar-refractivity contribution in [3.8, 4) is 11.5 Å². The molecular weight excluding hydrogens is 426 g/mol. The third kappa shape index (κ3) is 5.94. The van der Waals surface area contributed by atoms with E-state index < -0.39 is 0 Å². The summed E-state index contributed by atoms with van der Waals surface area (Å²) in [6.45, 7) is 6.79. The van der Waals surface area contributed by atoms with Gasteiger partial charge in [0, 0.05) is 31.4 Å². The number of amides is 2. The Morgan fingerprint density at radius 3 is 2.53 bits per heavy atom. The minimum absolute atomic E-state index is 0.0303. The number of carbonyl (C=O) groups is 2. The maximum atomic E-state index is 12.9. The van der Waals surface area contributed by atoms with Crippen molar-refractivity contribution in [2.24, 2.45) is 5.92 Å².